The third kappa shape index (κ3) is 3.04. The van der Waals surface area contributed by atoms with E-state index in [2.05, 4.69) is 4.98 Å². The van der Waals surface area contributed by atoms with Gasteiger partial charge in [0.25, 0.3) is 5.56 Å². The highest BCUT2D eigenvalue weighted by Crippen LogP contribution is 2.30. The molecule has 0 aliphatic heterocycles. The molecule has 0 saturated carbocycles. The Hall–Kier alpha value is -2.58. The Bertz CT molecular complexity index is 1320. The van der Waals surface area contributed by atoms with Crippen molar-refractivity contribution in [3.63, 3.8) is 0 Å². The minimum absolute atomic E-state index is 0.0356. The number of phenols is 1. The fourth-order valence-corrected chi connectivity index (χ4v) is 5.00. The predicted molar refractivity (Wildman–Crippen MR) is 108 cm³/mol. The van der Waals surface area contributed by atoms with Gasteiger partial charge in [-0.15, -0.1) is 11.3 Å². The van der Waals surface area contributed by atoms with E-state index in [0.29, 0.717) is 21.9 Å². The molecule has 138 valence electrons. The number of aromatic nitrogens is 2. The number of phenolic OH excluding ortho intramolecular Hbond substituents is 1. The van der Waals surface area contributed by atoms with Crippen molar-refractivity contribution in [3.8, 4) is 5.75 Å². The van der Waals surface area contributed by atoms with Gasteiger partial charge in [-0.1, -0.05) is 11.8 Å². The lowest BCUT2D eigenvalue weighted by Gasteiger charge is -2.09. The van der Waals surface area contributed by atoms with Crippen LogP contribution in [0.15, 0.2) is 43.4 Å². The molecule has 3 aromatic heterocycles. The van der Waals surface area contributed by atoms with Crippen LogP contribution in [0.3, 0.4) is 0 Å². The second kappa shape index (κ2) is 6.54. The monoisotopic (exact) mass is 400 g/mol. The van der Waals surface area contributed by atoms with Crippen LogP contribution in [0.5, 0.6) is 5.75 Å². The van der Waals surface area contributed by atoms with E-state index in [9.17, 15) is 14.7 Å². The second-order valence-electron chi connectivity index (χ2n) is 6.28. The molecule has 0 unspecified atom stereocenters. The number of thiophene rings is 1. The molecule has 0 saturated heterocycles. The number of benzene rings is 1. The van der Waals surface area contributed by atoms with E-state index in [1.165, 1.54) is 35.2 Å². The van der Waals surface area contributed by atoms with Crippen molar-refractivity contribution < 1.29 is 9.52 Å². The minimum Gasteiger partial charge on any atom is -0.508 e. The smallest absolute Gasteiger partial charge is 0.336 e. The lowest BCUT2D eigenvalue weighted by molar-refractivity contribution is 0.473. The van der Waals surface area contributed by atoms with E-state index in [0.717, 1.165) is 26.2 Å². The average molecular weight is 400 g/mol. The molecule has 0 atom stereocenters. The molecule has 6 nitrogen and oxygen atoms in total. The van der Waals surface area contributed by atoms with Gasteiger partial charge in [0.05, 0.1) is 5.39 Å². The molecule has 0 amide bonds. The Morgan fingerprint density at radius 3 is 2.81 bits per heavy atom. The number of hydrogen-bond donors (Lipinski definition) is 1. The lowest BCUT2D eigenvalue weighted by Crippen LogP contribution is -2.19. The molecule has 8 heteroatoms. The lowest BCUT2D eigenvalue weighted by atomic mass is 10.1. The summed E-state index contributed by atoms with van der Waals surface area (Å²) in [5.74, 6) is 0.482. The van der Waals surface area contributed by atoms with Crippen LogP contribution in [-0.2, 0) is 12.8 Å². The summed E-state index contributed by atoms with van der Waals surface area (Å²) in [5.41, 5.74) is 1.53. The molecule has 1 N–H and O–H groups in total. The molecule has 0 spiro atoms. The van der Waals surface area contributed by atoms with Crippen LogP contribution in [0.1, 0.15) is 16.0 Å². The fraction of sp³-hybridized carbons (Fsp3) is 0.211. The van der Waals surface area contributed by atoms with Crippen molar-refractivity contribution in [3.05, 3.63) is 61.0 Å². The van der Waals surface area contributed by atoms with Gasteiger partial charge in [0, 0.05) is 35.2 Å². The highest BCUT2D eigenvalue weighted by Gasteiger charge is 2.15. The highest BCUT2D eigenvalue weighted by atomic mass is 32.2. The summed E-state index contributed by atoms with van der Waals surface area (Å²) in [4.78, 5) is 31.0. The van der Waals surface area contributed by atoms with Gasteiger partial charge in [-0.05, 0) is 37.1 Å². The Morgan fingerprint density at radius 2 is 2.04 bits per heavy atom. The van der Waals surface area contributed by atoms with E-state index in [1.807, 2.05) is 13.8 Å². The molecule has 3 heterocycles. The first-order chi connectivity index (χ1) is 12.8. The summed E-state index contributed by atoms with van der Waals surface area (Å²) in [5, 5.41) is 11.6. The summed E-state index contributed by atoms with van der Waals surface area (Å²) < 4.78 is 6.70. The van der Waals surface area contributed by atoms with Crippen LogP contribution in [0.2, 0.25) is 0 Å². The van der Waals surface area contributed by atoms with Crippen LogP contribution < -0.4 is 11.2 Å². The van der Waals surface area contributed by atoms with Gasteiger partial charge in [-0.3, -0.25) is 9.36 Å². The van der Waals surface area contributed by atoms with Gasteiger partial charge in [0.1, 0.15) is 16.2 Å². The molecule has 0 radical (unpaired) electrons. The maximum absolute atomic E-state index is 12.7. The van der Waals surface area contributed by atoms with Gasteiger partial charge in [-0.25, -0.2) is 9.78 Å². The van der Waals surface area contributed by atoms with E-state index in [-0.39, 0.29) is 11.3 Å². The van der Waals surface area contributed by atoms with Crippen LogP contribution in [0, 0.1) is 13.8 Å². The first kappa shape index (κ1) is 17.8. The number of nitrogens with zero attached hydrogens (tertiary/aromatic N) is 2. The Morgan fingerprint density at radius 1 is 1.26 bits per heavy atom. The second-order valence-corrected chi connectivity index (χ2v) is 8.43. The SMILES string of the molecule is Cc1sc2nc(SCc3cc(=O)oc4cc(O)ccc34)n(C)c(=O)c2c1C. The standard InChI is InChI=1S/C19H16N2O4S2/c1-9-10(2)27-17-16(9)18(24)21(3)19(20-17)26-8-11-6-15(23)25-14-7-12(22)4-5-13(11)14/h4-7,22H,8H2,1-3H3. The molecule has 27 heavy (non-hydrogen) atoms. The number of hydrogen-bond acceptors (Lipinski definition) is 7. The average Bonchev–Trinajstić information content (AvgIpc) is 2.90. The number of fused-ring (bicyclic) bond motifs is 2. The number of aryl methyl sites for hydroxylation is 2. The normalized spacial score (nSPS) is 11.5. The summed E-state index contributed by atoms with van der Waals surface area (Å²) in [6.07, 6.45) is 0. The van der Waals surface area contributed by atoms with Crippen LogP contribution in [0.4, 0.5) is 0 Å². The van der Waals surface area contributed by atoms with E-state index < -0.39 is 5.63 Å². The zero-order chi connectivity index (χ0) is 19.3. The summed E-state index contributed by atoms with van der Waals surface area (Å²) >= 11 is 2.90. The Labute approximate surface area is 162 Å². The van der Waals surface area contributed by atoms with Crippen molar-refractivity contribution in [1.29, 1.82) is 0 Å². The Kier molecular flexibility index (Phi) is 4.32. The fourth-order valence-electron chi connectivity index (χ4n) is 2.97. The third-order valence-corrected chi connectivity index (χ3v) is 6.72. The Balaban J connectivity index is 1.76. The first-order valence-corrected chi connectivity index (χ1v) is 10.0. The zero-order valence-electron chi connectivity index (χ0n) is 14.9. The quantitative estimate of drug-likeness (QED) is 0.321. The predicted octanol–water partition coefficient (Wildman–Crippen LogP) is 3.72. The van der Waals surface area contributed by atoms with Crippen molar-refractivity contribution in [2.45, 2.75) is 24.8 Å². The molecule has 0 fully saturated rings. The van der Waals surface area contributed by atoms with Gasteiger partial charge in [-0.2, -0.15) is 0 Å². The first-order valence-electron chi connectivity index (χ1n) is 8.20. The van der Waals surface area contributed by atoms with Gasteiger partial charge >= 0.3 is 5.63 Å². The molecule has 0 aliphatic carbocycles. The molecule has 1 aromatic carbocycles. The molecular formula is C19H16N2O4S2. The van der Waals surface area contributed by atoms with Crippen LogP contribution in [0.25, 0.3) is 21.2 Å². The van der Waals surface area contributed by atoms with Gasteiger partial charge in [0.2, 0.25) is 0 Å². The van der Waals surface area contributed by atoms with Crippen LogP contribution in [-0.4, -0.2) is 14.7 Å². The maximum atomic E-state index is 12.7. The molecule has 0 aliphatic rings. The van der Waals surface area contributed by atoms with Crippen molar-refractivity contribution in [2.24, 2.45) is 7.05 Å². The summed E-state index contributed by atoms with van der Waals surface area (Å²) in [6.45, 7) is 3.92. The molecule has 4 rings (SSSR count). The third-order valence-electron chi connectivity index (χ3n) is 4.54. The zero-order valence-corrected chi connectivity index (χ0v) is 16.5. The van der Waals surface area contributed by atoms with Crippen molar-refractivity contribution >= 4 is 44.3 Å². The molecular weight excluding hydrogens is 384 g/mol. The molecule has 4 aromatic rings. The van der Waals surface area contributed by atoms with Crippen molar-refractivity contribution in [2.75, 3.05) is 0 Å². The van der Waals surface area contributed by atoms with Gasteiger partial charge in [0.15, 0.2) is 5.16 Å². The van der Waals surface area contributed by atoms with E-state index in [4.69, 9.17) is 4.42 Å². The van der Waals surface area contributed by atoms with E-state index in [1.54, 1.807) is 23.7 Å². The topological polar surface area (TPSA) is 85.3 Å². The number of rotatable bonds is 3. The number of thioether (sulfide) groups is 1. The van der Waals surface area contributed by atoms with Crippen molar-refractivity contribution in [1.82, 2.24) is 9.55 Å². The maximum Gasteiger partial charge on any atom is 0.336 e. The largest absolute Gasteiger partial charge is 0.508 e. The van der Waals surface area contributed by atoms with Crippen LogP contribution >= 0.6 is 23.1 Å². The minimum atomic E-state index is -0.481. The molecule has 0 bridgehead atoms. The highest BCUT2D eigenvalue weighted by molar-refractivity contribution is 7.98. The van der Waals surface area contributed by atoms with E-state index >= 15 is 0 Å². The summed E-state index contributed by atoms with van der Waals surface area (Å²) in [7, 11) is 1.71. The van der Waals surface area contributed by atoms with Gasteiger partial charge < -0.3 is 9.52 Å². The number of aromatic hydroxyl groups is 1. The summed E-state index contributed by atoms with van der Waals surface area (Å²) in [6, 6.07) is 6.11.